The van der Waals surface area contributed by atoms with Gasteiger partial charge in [0.2, 0.25) is 0 Å². The molecule has 0 aromatic heterocycles. The van der Waals surface area contributed by atoms with E-state index < -0.39 is 24.0 Å². The zero-order chi connectivity index (χ0) is 22.7. The highest BCUT2D eigenvalue weighted by atomic mass is 16.5. The Labute approximate surface area is 182 Å². The minimum atomic E-state index is -1.89. The number of aliphatic hydroxyl groups is 1. The van der Waals surface area contributed by atoms with Crippen LogP contribution >= 0.6 is 0 Å². The number of hydrogen-bond donors (Lipinski definition) is 1. The number of esters is 2. The summed E-state index contributed by atoms with van der Waals surface area (Å²) < 4.78 is 9.12. The summed E-state index contributed by atoms with van der Waals surface area (Å²) in [6, 6.07) is 0. The maximum atomic E-state index is 11.8. The number of carbonyl (C=O) groups excluding carboxylic acids is 3. The van der Waals surface area contributed by atoms with Gasteiger partial charge in [-0.3, -0.25) is 9.59 Å². The molecule has 0 bridgehead atoms. The first-order valence-corrected chi connectivity index (χ1v) is 11.4. The molecule has 0 aliphatic heterocycles. The van der Waals surface area contributed by atoms with Crippen molar-refractivity contribution < 1.29 is 29.0 Å². The van der Waals surface area contributed by atoms with Crippen LogP contribution in [0, 0.1) is 0 Å². The van der Waals surface area contributed by atoms with Crippen LogP contribution in [-0.4, -0.2) is 42.6 Å². The molecule has 1 N–H and O–H groups in total. The molecule has 0 aromatic rings. The highest BCUT2D eigenvalue weighted by Gasteiger charge is 2.38. The van der Waals surface area contributed by atoms with E-state index in [1.165, 1.54) is 39.9 Å². The van der Waals surface area contributed by atoms with Crippen LogP contribution in [0.5, 0.6) is 0 Å². The van der Waals surface area contributed by atoms with Crippen LogP contribution in [0.4, 0.5) is 0 Å². The molecule has 0 amide bonds. The van der Waals surface area contributed by atoms with Gasteiger partial charge in [-0.2, -0.15) is 0 Å². The number of unbranched alkanes of at least 4 members (excludes halogenated alkanes) is 9. The highest BCUT2D eigenvalue weighted by molar-refractivity contribution is 5.85. The van der Waals surface area contributed by atoms with Gasteiger partial charge in [0.1, 0.15) is 5.78 Å². The normalized spacial score (nSPS) is 13.2. The summed E-state index contributed by atoms with van der Waals surface area (Å²) in [4.78, 5) is 35.0. The van der Waals surface area contributed by atoms with Crippen molar-refractivity contribution in [3.05, 3.63) is 12.2 Å². The molecule has 0 fully saturated rings. The summed E-state index contributed by atoms with van der Waals surface area (Å²) in [5, 5.41) is 10.4. The highest BCUT2D eigenvalue weighted by Crippen LogP contribution is 2.19. The van der Waals surface area contributed by atoms with E-state index in [1.54, 1.807) is 6.08 Å². The van der Waals surface area contributed by atoms with Crippen molar-refractivity contribution in [3.8, 4) is 0 Å². The molecule has 0 unspecified atom stereocenters. The van der Waals surface area contributed by atoms with Crippen molar-refractivity contribution in [2.45, 2.75) is 109 Å². The summed E-state index contributed by atoms with van der Waals surface area (Å²) in [6.45, 7) is 2.19. The molecule has 30 heavy (non-hydrogen) atoms. The lowest BCUT2D eigenvalue weighted by molar-refractivity contribution is -0.168. The van der Waals surface area contributed by atoms with Crippen molar-refractivity contribution in [3.63, 3.8) is 0 Å². The number of ketones is 1. The molecule has 0 rings (SSSR count). The van der Waals surface area contributed by atoms with Gasteiger partial charge in [0.05, 0.1) is 20.6 Å². The Balaban J connectivity index is 3.82. The van der Waals surface area contributed by atoms with E-state index in [4.69, 9.17) is 0 Å². The fourth-order valence-corrected chi connectivity index (χ4v) is 3.29. The molecule has 0 spiro atoms. The Kier molecular flexibility index (Phi) is 17.1. The van der Waals surface area contributed by atoms with E-state index >= 15 is 0 Å². The third-order valence-corrected chi connectivity index (χ3v) is 5.24. The molecule has 0 heterocycles. The van der Waals surface area contributed by atoms with Gasteiger partial charge >= 0.3 is 11.9 Å². The lowest BCUT2D eigenvalue weighted by Crippen LogP contribution is -2.41. The van der Waals surface area contributed by atoms with Gasteiger partial charge in [-0.05, 0) is 25.7 Å². The molecule has 0 aliphatic carbocycles. The minimum absolute atomic E-state index is 0.00926. The average Bonchev–Trinajstić information content (AvgIpc) is 2.74. The number of allylic oxidation sites excluding steroid dienone is 1. The molecule has 0 saturated carbocycles. The number of hydrogen-bond acceptors (Lipinski definition) is 6. The van der Waals surface area contributed by atoms with E-state index in [0.717, 1.165) is 51.4 Å². The fraction of sp³-hybridized carbons (Fsp3) is 0.792. The first kappa shape index (κ1) is 28.3. The molecular formula is C24H42O6. The molecule has 0 radical (unpaired) electrons. The third-order valence-electron chi connectivity index (χ3n) is 5.24. The molecule has 0 saturated heterocycles. The molecule has 0 aliphatic rings. The number of rotatable bonds is 19. The lowest BCUT2D eigenvalue weighted by atomic mass is 9.95. The van der Waals surface area contributed by atoms with E-state index in [9.17, 15) is 19.5 Å². The Hall–Kier alpha value is -1.69. The van der Waals surface area contributed by atoms with E-state index in [0.29, 0.717) is 12.2 Å². The predicted molar refractivity (Wildman–Crippen MR) is 118 cm³/mol. The van der Waals surface area contributed by atoms with Crippen molar-refractivity contribution >= 4 is 17.7 Å². The fourth-order valence-electron chi connectivity index (χ4n) is 3.29. The van der Waals surface area contributed by atoms with Crippen LogP contribution in [0.2, 0.25) is 0 Å². The molecule has 0 aromatic carbocycles. The van der Waals surface area contributed by atoms with E-state index in [-0.39, 0.29) is 6.42 Å². The molecule has 6 nitrogen and oxygen atoms in total. The minimum Gasteiger partial charge on any atom is -0.469 e. The summed E-state index contributed by atoms with van der Waals surface area (Å²) in [7, 11) is 2.38. The number of ether oxygens (including phenoxy) is 2. The van der Waals surface area contributed by atoms with Gasteiger partial charge in [0.15, 0.2) is 5.60 Å². The Morgan fingerprint density at radius 2 is 1.37 bits per heavy atom. The molecular weight excluding hydrogens is 384 g/mol. The standard InChI is InChI=1S/C24H42O6/c1-4-5-6-11-14-17-21(25)18-15-12-9-7-8-10-13-16-19-24(28,23(27)30-3)20-22(26)29-2/h13,16,28H,4-12,14-15,17-20H2,1-3H3/b16-13+/t24-/m1/s1. The lowest BCUT2D eigenvalue weighted by Gasteiger charge is -2.22. The SMILES string of the molecule is CCCCCCCC(=O)CCCCCCC/C=C/C[C@@](O)(CC(=O)OC)C(=O)OC. The van der Waals surface area contributed by atoms with Gasteiger partial charge in [0, 0.05) is 19.3 Å². The summed E-state index contributed by atoms with van der Waals surface area (Å²) in [6.07, 6.45) is 16.7. The number of carbonyl (C=O) groups is 3. The van der Waals surface area contributed by atoms with Crippen molar-refractivity contribution in [1.29, 1.82) is 0 Å². The smallest absolute Gasteiger partial charge is 0.338 e. The van der Waals surface area contributed by atoms with Crippen LogP contribution in [-0.2, 0) is 23.9 Å². The maximum absolute atomic E-state index is 11.8. The van der Waals surface area contributed by atoms with Crippen LogP contribution < -0.4 is 0 Å². The van der Waals surface area contributed by atoms with Crippen molar-refractivity contribution in [2.75, 3.05) is 14.2 Å². The Bertz CT molecular complexity index is 514. The molecule has 6 heteroatoms. The predicted octanol–water partition coefficient (Wildman–Crippen LogP) is 5.06. The third kappa shape index (κ3) is 14.3. The summed E-state index contributed by atoms with van der Waals surface area (Å²) >= 11 is 0. The second-order valence-electron chi connectivity index (χ2n) is 7.96. The summed E-state index contributed by atoms with van der Waals surface area (Å²) in [5.41, 5.74) is -1.89. The first-order valence-electron chi connectivity index (χ1n) is 11.4. The van der Waals surface area contributed by atoms with E-state index in [2.05, 4.69) is 16.4 Å². The monoisotopic (exact) mass is 426 g/mol. The van der Waals surface area contributed by atoms with Crippen LogP contribution in [0.25, 0.3) is 0 Å². The number of Topliss-reactive ketones (excluding diaryl/α,β-unsaturated/α-hetero) is 1. The van der Waals surface area contributed by atoms with Gasteiger partial charge in [0.25, 0.3) is 0 Å². The second kappa shape index (κ2) is 18.1. The van der Waals surface area contributed by atoms with Crippen LogP contribution in [0.3, 0.4) is 0 Å². The topological polar surface area (TPSA) is 89.9 Å². The Morgan fingerprint density at radius 1 is 0.800 bits per heavy atom. The first-order chi connectivity index (χ1) is 14.4. The van der Waals surface area contributed by atoms with Gasteiger partial charge in [-0.1, -0.05) is 64.0 Å². The molecule has 1 atom stereocenters. The molecule has 174 valence electrons. The van der Waals surface area contributed by atoms with Gasteiger partial charge < -0.3 is 14.6 Å². The van der Waals surface area contributed by atoms with Crippen LogP contribution in [0.1, 0.15) is 103 Å². The summed E-state index contributed by atoms with van der Waals surface area (Å²) in [5.74, 6) is -1.10. The van der Waals surface area contributed by atoms with Crippen molar-refractivity contribution in [2.24, 2.45) is 0 Å². The van der Waals surface area contributed by atoms with Crippen LogP contribution in [0.15, 0.2) is 12.2 Å². The zero-order valence-electron chi connectivity index (χ0n) is 19.2. The Morgan fingerprint density at radius 3 is 1.93 bits per heavy atom. The second-order valence-corrected chi connectivity index (χ2v) is 7.96. The quantitative estimate of drug-likeness (QED) is 0.176. The maximum Gasteiger partial charge on any atom is 0.338 e. The van der Waals surface area contributed by atoms with E-state index in [1.807, 2.05) is 6.08 Å². The average molecular weight is 427 g/mol. The number of methoxy groups -OCH3 is 2. The largest absolute Gasteiger partial charge is 0.469 e. The zero-order valence-corrected chi connectivity index (χ0v) is 19.2. The van der Waals surface area contributed by atoms with Gasteiger partial charge in [-0.15, -0.1) is 0 Å². The van der Waals surface area contributed by atoms with Crippen molar-refractivity contribution in [1.82, 2.24) is 0 Å². The van der Waals surface area contributed by atoms with Gasteiger partial charge in [-0.25, -0.2) is 4.79 Å².